The summed E-state index contributed by atoms with van der Waals surface area (Å²) >= 11 is 0. The largest absolute Gasteiger partial charge is 0.507 e. The van der Waals surface area contributed by atoms with Gasteiger partial charge >= 0.3 is 19.5 Å². The van der Waals surface area contributed by atoms with Crippen molar-refractivity contribution in [3.63, 3.8) is 0 Å². The average Bonchev–Trinajstić information content (AvgIpc) is 3.22. The van der Waals surface area contributed by atoms with Crippen LogP contribution in [0.25, 0.3) is 0 Å². The molecular weight excluding hydrogens is 487 g/mol. The van der Waals surface area contributed by atoms with E-state index in [1.165, 1.54) is 14.0 Å². The van der Waals surface area contributed by atoms with E-state index in [4.69, 9.17) is 23.3 Å². The molecule has 3 rings (SSSR count). The highest BCUT2D eigenvalue weighted by atomic mass is 31.2. The van der Waals surface area contributed by atoms with Gasteiger partial charge in [-0.05, 0) is 51.8 Å². The molecule has 0 amide bonds. The van der Waals surface area contributed by atoms with Crippen molar-refractivity contribution in [2.75, 3.05) is 19.9 Å². The predicted octanol–water partition coefficient (Wildman–Crippen LogP) is 5.11. The summed E-state index contributed by atoms with van der Waals surface area (Å²) in [6.45, 7) is 6.89. The topological polar surface area (TPSA) is 118 Å². The number of fused-ring (bicyclic) bond motifs is 1. The molecule has 0 fully saturated rings. The molecular formula is C26H31O9P. The molecule has 2 unspecified atom stereocenters. The molecule has 2 aromatic carbocycles. The van der Waals surface area contributed by atoms with Crippen LogP contribution in [0.2, 0.25) is 0 Å². The number of esters is 2. The van der Waals surface area contributed by atoms with Crippen LogP contribution >= 0.6 is 7.60 Å². The second-order valence-electron chi connectivity index (χ2n) is 8.34. The van der Waals surface area contributed by atoms with E-state index in [9.17, 15) is 19.3 Å². The number of methoxy groups -OCH3 is 1. The Balaban J connectivity index is 1.88. The molecule has 0 spiro atoms. The third-order valence-electron chi connectivity index (χ3n) is 5.67. The number of benzene rings is 2. The molecule has 0 saturated heterocycles. The number of ether oxygens (including phenoxy) is 3. The molecule has 1 aliphatic rings. The van der Waals surface area contributed by atoms with Crippen LogP contribution in [0.3, 0.4) is 0 Å². The number of carbonyl (C=O) groups excluding carboxylic acids is 2. The summed E-state index contributed by atoms with van der Waals surface area (Å²) in [6.07, 6.45) is 0.687. The lowest BCUT2D eigenvalue weighted by Gasteiger charge is -2.23. The predicted molar refractivity (Wildman–Crippen MR) is 133 cm³/mol. The zero-order valence-corrected chi connectivity index (χ0v) is 21.9. The number of phenols is 1. The van der Waals surface area contributed by atoms with Crippen LogP contribution in [0.1, 0.15) is 47.8 Å². The molecule has 36 heavy (non-hydrogen) atoms. The first-order valence-electron chi connectivity index (χ1n) is 11.5. The molecule has 0 aromatic heterocycles. The van der Waals surface area contributed by atoms with Crippen molar-refractivity contribution in [3.05, 3.63) is 64.2 Å². The fourth-order valence-corrected chi connectivity index (χ4v) is 5.88. The van der Waals surface area contributed by atoms with E-state index < -0.39 is 25.6 Å². The highest BCUT2D eigenvalue weighted by molar-refractivity contribution is 7.54. The van der Waals surface area contributed by atoms with Gasteiger partial charge in [-0.3, -0.25) is 4.52 Å². The van der Waals surface area contributed by atoms with E-state index in [1.54, 1.807) is 57.2 Å². The second kappa shape index (κ2) is 11.6. The number of allylic oxidation sites excluding steroid dienone is 2. The molecule has 9 nitrogen and oxygen atoms in total. The quantitative estimate of drug-likeness (QED) is 0.246. The second-order valence-corrected chi connectivity index (χ2v) is 10.3. The number of hydrogen-bond acceptors (Lipinski definition) is 9. The number of aromatic hydroxyl groups is 1. The van der Waals surface area contributed by atoms with Gasteiger partial charge in [-0.1, -0.05) is 29.8 Å². The van der Waals surface area contributed by atoms with Gasteiger partial charge < -0.3 is 23.8 Å². The Kier molecular flexibility index (Phi) is 8.82. The summed E-state index contributed by atoms with van der Waals surface area (Å²) in [6, 6.07) is 8.53. The highest BCUT2D eigenvalue weighted by Gasteiger charge is 2.34. The normalized spacial score (nSPS) is 15.5. The Morgan fingerprint density at radius 2 is 1.97 bits per heavy atom. The minimum absolute atomic E-state index is 0.0784. The Morgan fingerprint density at radius 3 is 2.61 bits per heavy atom. The third-order valence-corrected chi connectivity index (χ3v) is 7.68. The minimum Gasteiger partial charge on any atom is -0.507 e. The summed E-state index contributed by atoms with van der Waals surface area (Å²) in [7, 11) is -2.37. The number of hydrogen-bond donors (Lipinski definition) is 1. The fourth-order valence-electron chi connectivity index (χ4n) is 3.95. The SMILES string of the molecule is CCOC(=O)C(C)OP(=O)(C/C(C)=C/Cc1c(O)c2c(c(C)c1OC)COC2=O)Oc1ccccc1. The summed E-state index contributed by atoms with van der Waals surface area (Å²) in [5.41, 5.74) is 2.47. The maximum Gasteiger partial charge on any atom is 0.384 e. The van der Waals surface area contributed by atoms with Crippen molar-refractivity contribution < 1.29 is 42.5 Å². The van der Waals surface area contributed by atoms with E-state index in [0.29, 0.717) is 33.8 Å². The van der Waals surface area contributed by atoms with Crippen molar-refractivity contribution in [3.8, 4) is 17.2 Å². The van der Waals surface area contributed by atoms with Crippen LogP contribution in [0.15, 0.2) is 42.0 Å². The van der Waals surface area contributed by atoms with Crippen molar-refractivity contribution in [1.82, 2.24) is 0 Å². The first-order valence-corrected chi connectivity index (χ1v) is 13.3. The monoisotopic (exact) mass is 518 g/mol. The molecule has 194 valence electrons. The first kappa shape index (κ1) is 27.3. The van der Waals surface area contributed by atoms with E-state index >= 15 is 0 Å². The lowest BCUT2D eigenvalue weighted by atomic mass is 9.95. The maximum atomic E-state index is 13.7. The Morgan fingerprint density at radius 1 is 1.28 bits per heavy atom. The van der Waals surface area contributed by atoms with Crippen LogP contribution < -0.4 is 9.26 Å². The average molecular weight is 518 g/mol. The molecule has 2 aromatic rings. The van der Waals surface area contributed by atoms with Gasteiger partial charge in [0, 0.05) is 11.1 Å². The number of cyclic esters (lactones) is 1. The molecule has 1 heterocycles. The highest BCUT2D eigenvalue weighted by Crippen LogP contribution is 2.51. The van der Waals surface area contributed by atoms with Gasteiger partial charge in [-0.25, -0.2) is 14.2 Å². The zero-order chi connectivity index (χ0) is 26.5. The smallest absolute Gasteiger partial charge is 0.384 e. The molecule has 0 bridgehead atoms. The van der Waals surface area contributed by atoms with Gasteiger partial charge in [0.1, 0.15) is 29.4 Å². The summed E-state index contributed by atoms with van der Waals surface area (Å²) in [5.74, 6) is -0.653. The Labute approximate surface area is 210 Å². The van der Waals surface area contributed by atoms with E-state index in [-0.39, 0.29) is 37.1 Å². The molecule has 2 atom stereocenters. The fraction of sp³-hybridized carbons (Fsp3) is 0.385. The summed E-state index contributed by atoms with van der Waals surface area (Å²) in [4.78, 5) is 24.3. The van der Waals surface area contributed by atoms with Gasteiger partial charge in [0.15, 0.2) is 6.10 Å². The molecule has 1 aliphatic heterocycles. The van der Waals surface area contributed by atoms with Crippen LogP contribution in [0, 0.1) is 6.92 Å². The van der Waals surface area contributed by atoms with Gasteiger partial charge in [-0.2, -0.15) is 0 Å². The van der Waals surface area contributed by atoms with Gasteiger partial charge in [-0.15, -0.1) is 0 Å². The van der Waals surface area contributed by atoms with Crippen LogP contribution in [0.5, 0.6) is 17.2 Å². The lowest BCUT2D eigenvalue weighted by molar-refractivity contribution is -0.150. The van der Waals surface area contributed by atoms with Crippen molar-refractivity contribution in [1.29, 1.82) is 0 Å². The molecule has 0 aliphatic carbocycles. The zero-order valence-electron chi connectivity index (χ0n) is 21.0. The Bertz CT molecular complexity index is 1200. The molecule has 0 radical (unpaired) electrons. The molecule has 1 N–H and O–H groups in total. The Hall–Kier alpha value is -3.29. The van der Waals surface area contributed by atoms with Gasteiger partial charge in [0.25, 0.3) is 0 Å². The first-order chi connectivity index (χ1) is 17.1. The van der Waals surface area contributed by atoms with Crippen LogP contribution in [-0.4, -0.2) is 43.0 Å². The van der Waals surface area contributed by atoms with Crippen molar-refractivity contribution in [2.24, 2.45) is 0 Å². The van der Waals surface area contributed by atoms with Gasteiger partial charge in [0.05, 0.1) is 19.9 Å². The van der Waals surface area contributed by atoms with Crippen molar-refractivity contribution >= 4 is 19.5 Å². The van der Waals surface area contributed by atoms with E-state index in [0.717, 1.165) is 0 Å². The number of phenolic OH excluding ortho intramolecular Hbond substituents is 1. The van der Waals surface area contributed by atoms with Crippen LogP contribution in [-0.2, 0) is 36.4 Å². The number of carbonyl (C=O) groups is 2. The maximum absolute atomic E-state index is 13.7. The number of para-hydroxylation sites is 1. The molecule has 10 heteroatoms. The van der Waals surface area contributed by atoms with E-state index in [2.05, 4.69) is 0 Å². The van der Waals surface area contributed by atoms with Crippen LogP contribution in [0.4, 0.5) is 0 Å². The summed E-state index contributed by atoms with van der Waals surface area (Å²) < 4.78 is 40.7. The van der Waals surface area contributed by atoms with Gasteiger partial charge in [0.2, 0.25) is 0 Å². The van der Waals surface area contributed by atoms with Crippen molar-refractivity contribution in [2.45, 2.75) is 46.8 Å². The summed E-state index contributed by atoms with van der Waals surface area (Å²) in [5, 5.41) is 10.8. The standard InChI is InChI=1S/C26H31O9P/c1-6-32-25(28)18(4)34-36(30,35-19-10-8-7-9-11-19)15-16(2)12-13-20-23(27)22-21(14-33-26(22)29)17(3)24(20)31-5/h7-12,18,27H,6,13-15H2,1-5H3/b16-12+. The molecule has 0 saturated carbocycles. The third kappa shape index (κ3) is 6.09. The minimum atomic E-state index is -3.85. The lowest BCUT2D eigenvalue weighted by Crippen LogP contribution is -2.24. The number of rotatable bonds is 11. The van der Waals surface area contributed by atoms with E-state index in [1.807, 2.05) is 0 Å².